The first-order chi connectivity index (χ1) is 10.6. The lowest BCUT2D eigenvalue weighted by atomic mass is 10.1. The van der Waals surface area contributed by atoms with E-state index in [-0.39, 0.29) is 12.7 Å². The molecule has 2 aromatic rings. The smallest absolute Gasteiger partial charge is 0.271 e. The summed E-state index contributed by atoms with van der Waals surface area (Å²) in [6.07, 6.45) is 0. The van der Waals surface area contributed by atoms with Crippen LogP contribution in [0.4, 0.5) is 0 Å². The minimum Gasteiger partial charge on any atom is -0.454 e. The van der Waals surface area contributed by atoms with Crippen molar-refractivity contribution in [2.45, 2.75) is 13.8 Å². The van der Waals surface area contributed by atoms with E-state index in [1.54, 1.807) is 12.1 Å². The number of amides is 1. The molecule has 0 aromatic heterocycles. The molecule has 22 heavy (non-hydrogen) atoms. The first kappa shape index (κ1) is 14.1. The highest BCUT2D eigenvalue weighted by Crippen LogP contribution is 2.32. The monoisotopic (exact) mass is 296 g/mol. The van der Waals surface area contributed by atoms with Gasteiger partial charge in [0.2, 0.25) is 6.79 Å². The van der Waals surface area contributed by atoms with E-state index in [0.29, 0.717) is 17.0 Å². The highest BCUT2D eigenvalue weighted by Gasteiger charge is 2.14. The molecule has 0 spiro atoms. The molecule has 112 valence electrons. The SMILES string of the molecule is C/C(=N/NC(=O)c1ccc(C)cc1)c1ccc2c(c1)OCO2. The Kier molecular flexibility index (Phi) is 3.78. The summed E-state index contributed by atoms with van der Waals surface area (Å²) in [6.45, 7) is 4.04. The van der Waals surface area contributed by atoms with E-state index in [4.69, 9.17) is 9.47 Å². The largest absolute Gasteiger partial charge is 0.454 e. The zero-order chi connectivity index (χ0) is 15.5. The van der Waals surface area contributed by atoms with Crippen LogP contribution in [0.25, 0.3) is 0 Å². The van der Waals surface area contributed by atoms with Crippen LogP contribution < -0.4 is 14.9 Å². The maximum Gasteiger partial charge on any atom is 0.271 e. The third-order valence-electron chi connectivity index (χ3n) is 3.43. The van der Waals surface area contributed by atoms with E-state index in [1.165, 1.54) is 0 Å². The molecule has 0 radical (unpaired) electrons. The number of benzene rings is 2. The second-order valence-electron chi connectivity index (χ2n) is 5.07. The van der Waals surface area contributed by atoms with Crippen molar-refractivity contribution in [1.29, 1.82) is 0 Å². The number of rotatable bonds is 3. The molecule has 0 saturated heterocycles. The van der Waals surface area contributed by atoms with Gasteiger partial charge in [-0.1, -0.05) is 17.7 Å². The van der Waals surface area contributed by atoms with Crippen molar-refractivity contribution in [3.05, 3.63) is 59.2 Å². The third kappa shape index (κ3) is 2.93. The third-order valence-corrected chi connectivity index (χ3v) is 3.43. The molecule has 5 heteroatoms. The summed E-state index contributed by atoms with van der Waals surface area (Å²) in [4.78, 5) is 12.0. The Hall–Kier alpha value is -2.82. The number of hydrogen-bond donors (Lipinski definition) is 1. The molecule has 0 fully saturated rings. The van der Waals surface area contributed by atoms with Gasteiger partial charge in [-0.05, 0) is 44.2 Å². The lowest BCUT2D eigenvalue weighted by molar-refractivity contribution is 0.0955. The molecule has 1 aliphatic heterocycles. The molecule has 5 nitrogen and oxygen atoms in total. The van der Waals surface area contributed by atoms with Gasteiger partial charge in [0, 0.05) is 11.1 Å². The summed E-state index contributed by atoms with van der Waals surface area (Å²) in [5.41, 5.74) is 5.81. The lowest BCUT2D eigenvalue weighted by Crippen LogP contribution is -2.19. The highest BCUT2D eigenvalue weighted by atomic mass is 16.7. The molecule has 0 unspecified atom stereocenters. The number of aryl methyl sites for hydroxylation is 1. The molecule has 0 saturated carbocycles. The number of ether oxygens (including phenoxy) is 2. The van der Waals surface area contributed by atoms with Crippen molar-refractivity contribution in [3.63, 3.8) is 0 Å². The molecule has 1 amide bonds. The second-order valence-corrected chi connectivity index (χ2v) is 5.07. The molecular formula is C17H16N2O3. The standard InChI is InChI=1S/C17H16N2O3/c1-11-3-5-13(6-4-11)17(20)19-18-12(2)14-7-8-15-16(9-14)22-10-21-15/h3-9H,10H2,1-2H3,(H,19,20)/b18-12-. The number of hydrogen-bond acceptors (Lipinski definition) is 4. The predicted octanol–water partition coefficient (Wildman–Crippen LogP) is 2.88. The Morgan fingerprint density at radius 2 is 1.73 bits per heavy atom. The number of hydrazone groups is 1. The topological polar surface area (TPSA) is 59.9 Å². The summed E-state index contributed by atoms with van der Waals surface area (Å²) in [5.74, 6) is 1.18. The second kappa shape index (κ2) is 5.89. The fourth-order valence-electron chi connectivity index (χ4n) is 2.09. The fraction of sp³-hybridized carbons (Fsp3) is 0.176. The normalized spacial score (nSPS) is 13.1. The van der Waals surface area contributed by atoms with Crippen LogP contribution in [0.15, 0.2) is 47.6 Å². The van der Waals surface area contributed by atoms with Gasteiger partial charge in [0.25, 0.3) is 5.91 Å². The summed E-state index contributed by atoms with van der Waals surface area (Å²) in [6, 6.07) is 12.9. The average molecular weight is 296 g/mol. The van der Waals surface area contributed by atoms with Crippen LogP contribution in [0, 0.1) is 6.92 Å². The minimum atomic E-state index is -0.236. The van der Waals surface area contributed by atoms with Crippen molar-refractivity contribution in [2.75, 3.05) is 6.79 Å². The van der Waals surface area contributed by atoms with E-state index in [2.05, 4.69) is 10.5 Å². The minimum absolute atomic E-state index is 0.235. The summed E-state index contributed by atoms with van der Waals surface area (Å²) < 4.78 is 10.6. The molecule has 0 bridgehead atoms. The number of nitrogens with one attached hydrogen (secondary N) is 1. The van der Waals surface area contributed by atoms with E-state index < -0.39 is 0 Å². The lowest BCUT2D eigenvalue weighted by Gasteiger charge is -2.04. The molecule has 1 aliphatic rings. The Bertz CT molecular complexity index is 736. The maximum absolute atomic E-state index is 12.0. The van der Waals surface area contributed by atoms with E-state index >= 15 is 0 Å². The van der Waals surface area contributed by atoms with Gasteiger partial charge >= 0.3 is 0 Å². The average Bonchev–Trinajstić information content (AvgIpc) is 3.00. The molecule has 0 aliphatic carbocycles. The van der Waals surface area contributed by atoms with E-state index in [1.807, 2.05) is 44.2 Å². The molecule has 1 heterocycles. The first-order valence-corrected chi connectivity index (χ1v) is 6.95. The van der Waals surface area contributed by atoms with Crippen molar-refractivity contribution < 1.29 is 14.3 Å². The predicted molar refractivity (Wildman–Crippen MR) is 83.4 cm³/mol. The zero-order valence-electron chi connectivity index (χ0n) is 12.4. The van der Waals surface area contributed by atoms with Gasteiger partial charge in [-0.2, -0.15) is 5.10 Å². The van der Waals surface area contributed by atoms with Crippen molar-refractivity contribution in [2.24, 2.45) is 5.10 Å². The van der Waals surface area contributed by atoms with Gasteiger partial charge in [-0.3, -0.25) is 4.79 Å². The van der Waals surface area contributed by atoms with Crippen LogP contribution in [-0.4, -0.2) is 18.4 Å². The van der Waals surface area contributed by atoms with Gasteiger partial charge in [-0.25, -0.2) is 5.43 Å². The van der Waals surface area contributed by atoms with Gasteiger partial charge in [-0.15, -0.1) is 0 Å². The zero-order valence-corrected chi connectivity index (χ0v) is 12.4. The van der Waals surface area contributed by atoms with E-state index in [9.17, 15) is 4.79 Å². The number of nitrogens with zero attached hydrogens (tertiary/aromatic N) is 1. The van der Waals surface area contributed by atoms with Crippen molar-refractivity contribution >= 4 is 11.6 Å². The van der Waals surface area contributed by atoms with E-state index in [0.717, 1.165) is 16.9 Å². The van der Waals surface area contributed by atoms with Crippen LogP contribution in [0.2, 0.25) is 0 Å². The summed E-state index contributed by atoms with van der Waals surface area (Å²) in [7, 11) is 0. The molecular weight excluding hydrogens is 280 g/mol. The van der Waals surface area contributed by atoms with Crippen molar-refractivity contribution in [1.82, 2.24) is 5.43 Å². The number of carbonyl (C=O) groups is 1. The quantitative estimate of drug-likeness (QED) is 0.700. The molecule has 1 N–H and O–H groups in total. The number of carbonyl (C=O) groups excluding carboxylic acids is 1. The molecule has 3 rings (SSSR count). The Morgan fingerprint density at radius 1 is 1.05 bits per heavy atom. The van der Waals surface area contributed by atoms with Gasteiger partial charge in [0.15, 0.2) is 11.5 Å². The van der Waals surface area contributed by atoms with Gasteiger partial charge in [0.05, 0.1) is 5.71 Å². The van der Waals surface area contributed by atoms with Crippen LogP contribution in [0.5, 0.6) is 11.5 Å². The number of fused-ring (bicyclic) bond motifs is 1. The Morgan fingerprint density at radius 3 is 2.50 bits per heavy atom. The summed E-state index contributed by atoms with van der Waals surface area (Å²) in [5, 5.41) is 4.14. The van der Waals surface area contributed by atoms with Crippen LogP contribution in [-0.2, 0) is 0 Å². The Balaban J connectivity index is 1.72. The van der Waals surface area contributed by atoms with Crippen LogP contribution in [0.1, 0.15) is 28.4 Å². The molecule has 0 atom stereocenters. The van der Waals surface area contributed by atoms with Crippen LogP contribution in [0.3, 0.4) is 0 Å². The van der Waals surface area contributed by atoms with Crippen LogP contribution >= 0.6 is 0 Å². The highest BCUT2D eigenvalue weighted by molar-refractivity contribution is 6.01. The Labute approximate surface area is 128 Å². The fourth-order valence-corrected chi connectivity index (χ4v) is 2.09. The summed E-state index contributed by atoms with van der Waals surface area (Å²) >= 11 is 0. The first-order valence-electron chi connectivity index (χ1n) is 6.95. The molecule has 2 aromatic carbocycles. The van der Waals surface area contributed by atoms with Gasteiger partial charge < -0.3 is 9.47 Å². The van der Waals surface area contributed by atoms with Gasteiger partial charge in [0.1, 0.15) is 0 Å². The maximum atomic E-state index is 12.0. The van der Waals surface area contributed by atoms with Crippen molar-refractivity contribution in [3.8, 4) is 11.5 Å².